The Balaban J connectivity index is 2.34. The minimum absolute atomic E-state index is 0.152. The number of sulfonamides is 1. The van der Waals surface area contributed by atoms with E-state index in [-0.39, 0.29) is 5.09 Å². The maximum atomic E-state index is 12.0. The van der Waals surface area contributed by atoms with E-state index in [0.29, 0.717) is 19.4 Å². The Morgan fingerprint density at radius 1 is 1.56 bits per heavy atom. The molecule has 1 atom stereocenters. The molecule has 1 aliphatic rings. The van der Waals surface area contributed by atoms with Crippen LogP contribution in [0, 0.1) is 0 Å². The maximum Gasteiger partial charge on any atom is 0.277 e. The van der Waals surface area contributed by atoms with E-state index in [0.717, 1.165) is 4.31 Å². The van der Waals surface area contributed by atoms with Crippen molar-refractivity contribution in [1.29, 1.82) is 0 Å². The van der Waals surface area contributed by atoms with Crippen molar-refractivity contribution in [3.05, 3.63) is 18.4 Å². The van der Waals surface area contributed by atoms with E-state index in [1.54, 1.807) is 0 Å². The predicted octanol–water partition coefficient (Wildman–Crippen LogP) is -0.0820. The van der Waals surface area contributed by atoms with Crippen molar-refractivity contribution >= 4 is 15.9 Å². The maximum absolute atomic E-state index is 12.0. The van der Waals surface area contributed by atoms with E-state index in [1.807, 2.05) is 0 Å². The standard InChI is InChI=1S/C9H12N2O4S/c10-9(12)7-3-1-5-11(7)16(13,14)8-4-2-6-15-8/h2,4,6-7H,1,3,5H2,(H2,10,12). The highest BCUT2D eigenvalue weighted by Gasteiger charge is 2.39. The Morgan fingerprint density at radius 3 is 2.88 bits per heavy atom. The van der Waals surface area contributed by atoms with Gasteiger partial charge in [0, 0.05) is 6.54 Å². The quantitative estimate of drug-likeness (QED) is 0.804. The SMILES string of the molecule is NC(=O)C1CCCN1S(=O)(=O)c1ccco1. The van der Waals surface area contributed by atoms with Gasteiger partial charge in [-0.1, -0.05) is 0 Å². The lowest BCUT2D eigenvalue weighted by atomic mass is 10.2. The fourth-order valence-electron chi connectivity index (χ4n) is 1.84. The molecule has 1 unspecified atom stereocenters. The molecule has 1 saturated heterocycles. The van der Waals surface area contributed by atoms with Crippen LogP contribution in [0.2, 0.25) is 0 Å². The van der Waals surface area contributed by atoms with Crippen LogP contribution < -0.4 is 5.73 Å². The smallest absolute Gasteiger partial charge is 0.277 e. The van der Waals surface area contributed by atoms with Crippen molar-refractivity contribution in [3.63, 3.8) is 0 Å². The lowest BCUT2D eigenvalue weighted by Crippen LogP contribution is -2.43. The Labute approximate surface area is 93.1 Å². The summed E-state index contributed by atoms with van der Waals surface area (Å²) in [6.07, 6.45) is 2.38. The average molecular weight is 244 g/mol. The van der Waals surface area contributed by atoms with Gasteiger partial charge in [0.25, 0.3) is 10.0 Å². The van der Waals surface area contributed by atoms with E-state index in [1.165, 1.54) is 18.4 Å². The van der Waals surface area contributed by atoms with Crippen LogP contribution in [0.25, 0.3) is 0 Å². The molecule has 0 spiro atoms. The molecule has 0 bridgehead atoms. The van der Waals surface area contributed by atoms with Gasteiger partial charge in [0.1, 0.15) is 6.04 Å². The number of carbonyl (C=O) groups excluding carboxylic acids is 1. The molecule has 0 radical (unpaired) electrons. The third-order valence-electron chi connectivity index (χ3n) is 2.59. The fraction of sp³-hybridized carbons (Fsp3) is 0.444. The van der Waals surface area contributed by atoms with Crippen LogP contribution in [0.5, 0.6) is 0 Å². The number of rotatable bonds is 3. The molecule has 2 N–H and O–H groups in total. The molecule has 1 aromatic rings. The Bertz CT molecular complexity index is 480. The van der Waals surface area contributed by atoms with Gasteiger partial charge in [-0.15, -0.1) is 0 Å². The molecule has 0 saturated carbocycles. The summed E-state index contributed by atoms with van der Waals surface area (Å²) in [6, 6.07) is 2.09. The predicted molar refractivity (Wildman–Crippen MR) is 54.8 cm³/mol. The molecule has 6 nitrogen and oxygen atoms in total. The lowest BCUT2D eigenvalue weighted by molar-refractivity contribution is -0.121. The molecule has 2 rings (SSSR count). The first kappa shape index (κ1) is 11.2. The van der Waals surface area contributed by atoms with E-state index < -0.39 is 22.0 Å². The van der Waals surface area contributed by atoms with Crippen molar-refractivity contribution < 1.29 is 17.6 Å². The number of amides is 1. The summed E-state index contributed by atoms with van der Waals surface area (Å²) in [5.41, 5.74) is 5.16. The molecule has 1 fully saturated rings. The topological polar surface area (TPSA) is 93.6 Å². The summed E-state index contributed by atoms with van der Waals surface area (Å²) in [4.78, 5) is 11.1. The van der Waals surface area contributed by atoms with E-state index >= 15 is 0 Å². The van der Waals surface area contributed by atoms with Gasteiger partial charge in [0.05, 0.1) is 6.26 Å². The second kappa shape index (κ2) is 3.91. The van der Waals surface area contributed by atoms with Crippen LogP contribution in [0.15, 0.2) is 27.9 Å². The molecule has 0 aliphatic carbocycles. The van der Waals surface area contributed by atoms with Crippen molar-refractivity contribution in [2.45, 2.75) is 24.0 Å². The number of hydrogen-bond donors (Lipinski definition) is 1. The summed E-state index contributed by atoms with van der Waals surface area (Å²) in [5.74, 6) is -0.618. The van der Waals surface area contributed by atoms with Gasteiger partial charge in [0.15, 0.2) is 0 Å². The number of nitrogens with two attached hydrogens (primary N) is 1. The minimum Gasteiger partial charge on any atom is -0.452 e. The normalized spacial score (nSPS) is 22.4. The van der Waals surface area contributed by atoms with Gasteiger partial charge in [-0.2, -0.15) is 4.31 Å². The van der Waals surface area contributed by atoms with Crippen LogP contribution in [0.3, 0.4) is 0 Å². The fourth-order valence-corrected chi connectivity index (χ4v) is 3.41. The zero-order valence-electron chi connectivity index (χ0n) is 8.50. The Morgan fingerprint density at radius 2 is 2.31 bits per heavy atom. The second-order valence-corrected chi connectivity index (χ2v) is 5.43. The van der Waals surface area contributed by atoms with Gasteiger partial charge in [-0.3, -0.25) is 4.79 Å². The summed E-state index contributed by atoms with van der Waals surface area (Å²) < 4.78 is 30.0. The monoisotopic (exact) mass is 244 g/mol. The molecule has 16 heavy (non-hydrogen) atoms. The Hall–Kier alpha value is -1.34. The third kappa shape index (κ3) is 1.72. The van der Waals surface area contributed by atoms with E-state index in [4.69, 9.17) is 10.2 Å². The summed E-state index contributed by atoms with van der Waals surface area (Å²) in [5, 5.41) is -0.152. The highest BCUT2D eigenvalue weighted by molar-refractivity contribution is 7.89. The van der Waals surface area contributed by atoms with Crippen molar-refractivity contribution in [2.75, 3.05) is 6.54 Å². The molecule has 7 heteroatoms. The molecule has 0 aromatic carbocycles. The number of carbonyl (C=O) groups is 1. The van der Waals surface area contributed by atoms with Gasteiger partial charge >= 0.3 is 0 Å². The minimum atomic E-state index is -3.72. The van der Waals surface area contributed by atoms with Crippen LogP contribution >= 0.6 is 0 Å². The first-order valence-electron chi connectivity index (χ1n) is 4.88. The van der Waals surface area contributed by atoms with Gasteiger partial charge in [-0.25, -0.2) is 8.42 Å². The Kier molecular flexibility index (Phi) is 2.73. The molecule has 2 heterocycles. The van der Waals surface area contributed by atoms with E-state index in [9.17, 15) is 13.2 Å². The zero-order chi connectivity index (χ0) is 11.8. The number of furan rings is 1. The van der Waals surface area contributed by atoms with E-state index in [2.05, 4.69) is 0 Å². The molecular formula is C9H12N2O4S. The first-order chi connectivity index (χ1) is 7.53. The molecule has 1 aromatic heterocycles. The van der Waals surface area contributed by atoms with Gasteiger partial charge < -0.3 is 10.2 Å². The number of nitrogens with zero attached hydrogens (tertiary/aromatic N) is 1. The lowest BCUT2D eigenvalue weighted by Gasteiger charge is -2.19. The summed E-state index contributed by atoms with van der Waals surface area (Å²) in [6.45, 7) is 0.302. The van der Waals surface area contributed by atoms with Crippen LogP contribution in [0.1, 0.15) is 12.8 Å². The van der Waals surface area contributed by atoms with Gasteiger partial charge in [0.2, 0.25) is 11.0 Å². The van der Waals surface area contributed by atoms with Crippen LogP contribution in [-0.4, -0.2) is 31.2 Å². The molecule has 88 valence electrons. The largest absolute Gasteiger partial charge is 0.452 e. The van der Waals surface area contributed by atoms with Crippen molar-refractivity contribution in [1.82, 2.24) is 4.31 Å². The van der Waals surface area contributed by atoms with Crippen LogP contribution in [-0.2, 0) is 14.8 Å². The zero-order valence-corrected chi connectivity index (χ0v) is 9.31. The van der Waals surface area contributed by atoms with Crippen molar-refractivity contribution in [3.8, 4) is 0 Å². The number of primary amides is 1. The molecule has 1 aliphatic heterocycles. The highest BCUT2D eigenvalue weighted by atomic mass is 32.2. The number of hydrogen-bond acceptors (Lipinski definition) is 4. The highest BCUT2D eigenvalue weighted by Crippen LogP contribution is 2.25. The average Bonchev–Trinajstić information content (AvgIpc) is 2.89. The molecule has 1 amide bonds. The third-order valence-corrected chi connectivity index (χ3v) is 4.39. The summed E-state index contributed by atoms with van der Waals surface area (Å²) in [7, 11) is -3.72. The van der Waals surface area contributed by atoms with Gasteiger partial charge in [-0.05, 0) is 25.0 Å². The van der Waals surface area contributed by atoms with Crippen LogP contribution in [0.4, 0.5) is 0 Å². The second-order valence-electron chi connectivity index (χ2n) is 3.61. The summed E-state index contributed by atoms with van der Waals surface area (Å²) >= 11 is 0. The molecular weight excluding hydrogens is 232 g/mol. The first-order valence-corrected chi connectivity index (χ1v) is 6.32. The van der Waals surface area contributed by atoms with Crippen molar-refractivity contribution in [2.24, 2.45) is 5.73 Å².